The molecule has 2 aliphatic heterocycles. The summed E-state index contributed by atoms with van der Waals surface area (Å²) >= 11 is 0. The summed E-state index contributed by atoms with van der Waals surface area (Å²) in [6, 6.07) is -0.368. The number of hydrazine groups is 1. The van der Waals surface area contributed by atoms with E-state index in [0.717, 1.165) is 0 Å². The van der Waals surface area contributed by atoms with Gasteiger partial charge in [0.05, 0.1) is 19.0 Å². The van der Waals surface area contributed by atoms with E-state index in [1.165, 1.54) is 0 Å². The molecule has 0 amide bonds. The third-order valence-corrected chi connectivity index (χ3v) is 5.01. The summed E-state index contributed by atoms with van der Waals surface area (Å²) in [6.45, 7) is 2.71. The molecule has 134 valence electrons. The minimum atomic E-state index is -3.14. The van der Waals surface area contributed by atoms with Crippen LogP contribution < -0.4 is 5.43 Å². The molecule has 3 aliphatic rings. The summed E-state index contributed by atoms with van der Waals surface area (Å²) in [5.41, 5.74) is 2.54. The first-order valence-electron chi connectivity index (χ1n) is 8.03. The van der Waals surface area contributed by atoms with E-state index in [1.54, 1.807) is 16.8 Å². The van der Waals surface area contributed by atoms with Crippen molar-refractivity contribution in [3.8, 4) is 0 Å². The number of carbonyl (C=O) groups is 1. The molecule has 0 aromatic rings. The maximum atomic E-state index is 13.7. The van der Waals surface area contributed by atoms with E-state index < -0.39 is 30.2 Å². The zero-order valence-electron chi connectivity index (χ0n) is 13.4. The first kappa shape index (κ1) is 17.1. The number of rotatable bonds is 5. The molecule has 0 spiro atoms. The molecule has 3 fully saturated rings. The van der Waals surface area contributed by atoms with Crippen LogP contribution in [0.5, 0.6) is 0 Å². The minimum Gasteiger partial charge on any atom is -0.481 e. The van der Waals surface area contributed by atoms with Crippen LogP contribution in [0.3, 0.4) is 0 Å². The number of nitrogens with zero attached hydrogens (tertiary/aromatic N) is 2. The van der Waals surface area contributed by atoms with Crippen LogP contribution in [-0.4, -0.2) is 64.5 Å². The Labute approximate surface area is 137 Å². The van der Waals surface area contributed by atoms with Crippen LogP contribution in [0.4, 0.5) is 13.2 Å². The maximum absolute atomic E-state index is 13.7. The second-order valence-corrected chi connectivity index (χ2v) is 6.80. The van der Waals surface area contributed by atoms with Gasteiger partial charge in [0, 0.05) is 31.0 Å². The summed E-state index contributed by atoms with van der Waals surface area (Å²) in [5.74, 6) is -3.67. The normalized spacial score (nSPS) is 32.3. The Kier molecular flexibility index (Phi) is 4.23. The molecule has 1 saturated carbocycles. The standard InChI is InChI=1S/C15H21F3N4O2/c1-8-11(16)7-22(8)20-14(10-2-3-15(17,18)13(10)19)21-5-9(6-21)4-12(23)24/h8-9,11,19-20H,2-7H2,1H3,(H,23,24)/b14-10+,19-13?/t8-,11?/m0/s1. The van der Waals surface area contributed by atoms with E-state index in [9.17, 15) is 18.0 Å². The fourth-order valence-corrected chi connectivity index (χ4v) is 3.29. The summed E-state index contributed by atoms with van der Waals surface area (Å²) in [5, 5.41) is 18.2. The van der Waals surface area contributed by atoms with Gasteiger partial charge in [0.2, 0.25) is 0 Å². The van der Waals surface area contributed by atoms with Gasteiger partial charge < -0.3 is 15.4 Å². The van der Waals surface area contributed by atoms with E-state index in [-0.39, 0.29) is 36.9 Å². The number of allylic oxidation sites excluding steroid dienone is 1. The first-order chi connectivity index (χ1) is 11.2. The van der Waals surface area contributed by atoms with E-state index in [2.05, 4.69) is 5.43 Å². The highest BCUT2D eigenvalue weighted by molar-refractivity contribution is 6.05. The molecule has 3 rings (SSSR count). The Hall–Kier alpha value is -1.77. The number of likely N-dealkylation sites (tertiary alicyclic amines) is 1. The fourth-order valence-electron chi connectivity index (χ4n) is 3.29. The van der Waals surface area contributed by atoms with Crippen LogP contribution in [0.1, 0.15) is 26.2 Å². The van der Waals surface area contributed by atoms with Gasteiger partial charge in [-0.2, -0.15) is 8.78 Å². The van der Waals surface area contributed by atoms with Crippen LogP contribution in [0.2, 0.25) is 0 Å². The van der Waals surface area contributed by atoms with Crippen LogP contribution in [0, 0.1) is 11.3 Å². The molecule has 9 heteroatoms. The van der Waals surface area contributed by atoms with Crippen LogP contribution in [0.25, 0.3) is 0 Å². The van der Waals surface area contributed by atoms with Crippen LogP contribution >= 0.6 is 0 Å². The van der Waals surface area contributed by atoms with Crippen LogP contribution in [-0.2, 0) is 4.79 Å². The van der Waals surface area contributed by atoms with Crippen molar-refractivity contribution < 1.29 is 23.1 Å². The second kappa shape index (κ2) is 5.94. The van der Waals surface area contributed by atoms with E-state index >= 15 is 0 Å². The highest BCUT2D eigenvalue weighted by Crippen LogP contribution is 2.39. The molecule has 1 unspecified atom stereocenters. The molecular formula is C15H21F3N4O2. The van der Waals surface area contributed by atoms with Crippen molar-refractivity contribution in [3.63, 3.8) is 0 Å². The average Bonchev–Trinajstić information content (AvgIpc) is 2.73. The van der Waals surface area contributed by atoms with Crippen molar-refractivity contribution in [3.05, 3.63) is 11.4 Å². The molecule has 0 radical (unpaired) electrons. The Morgan fingerprint density at radius 1 is 1.42 bits per heavy atom. The molecule has 2 saturated heterocycles. The van der Waals surface area contributed by atoms with Crippen LogP contribution in [0.15, 0.2) is 11.4 Å². The number of hydrogen-bond acceptors (Lipinski definition) is 5. The van der Waals surface area contributed by atoms with Gasteiger partial charge in [-0.25, -0.2) is 9.40 Å². The Balaban J connectivity index is 1.76. The third-order valence-electron chi connectivity index (χ3n) is 5.01. The van der Waals surface area contributed by atoms with Crippen molar-refractivity contribution >= 4 is 11.7 Å². The van der Waals surface area contributed by atoms with Crippen molar-refractivity contribution in [1.82, 2.24) is 15.3 Å². The zero-order valence-corrected chi connectivity index (χ0v) is 13.4. The third kappa shape index (κ3) is 2.97. The van der Waals surface area contributed by atoms with Gasteiger partial charge >= 0.3 is 5.97 Å². The molecule has 0 aromatic carbocycles. The van der Waals surface area contributed by atoms with Gasteiger partial charge in [0.1, 0.15) is 17.7 Å². The summed E-state index contributed by atoms with van der Waals surface area (Å²) in [7, 11) is 0. The summed E-state index contributed by atoms with van der Waals surface area (Å²) in [6.07, 6.45) is -1.26. The van der Waals surface area contributed by atoms with Gasteiger partial charge in [-0.15, -0.1) is 0 Å². The number of carboxylic acids is 1. The number of hydrogen-bond donors (Lipinski definition) is 3. The van der Waals surface area contributed by atoms with E-state index in [4.69, 9.17) is 10.5 Å². The molecule has 1 aliphatic carbocycles. The molecule has 3 N–H and O–H groups in total. The predicted octanol–water partition coefficient (Wildman–Crippen LogP) is 1.60. The quantitative estimate of drug-likeness (QED) is 0.705. The molecule has 2 heterocycles. The lowest BCUT2D eigenvalue weighted by atomic mass is 9.95. The molecular weight excluding hydrogens is 325 g/mol. The smallest absolute Gasteiger partial charge is 0.303 e. The molecule has 24 heavy (non-hydrogen) atoms. The topological polar surface area (TPSA) is 79.7 Å². The molecule has 2 atom stereocenters. The Morgan fingerprint density at radius 3 is 2.54 bits per heavy atom. The number of nitrogens with one attached hydrogen (secondary N) is 2. The van der Waals surface area contributed by atoms with Gasteiger partial charge in [0.25, 0.3) is 5.92 Å². The summed E-state index contributed by atoms with van der Waals surface area (Å²) in [4.78, 5) is 12.5. The second-order valence-electron chi connectivity index (χ2n) is 6.80. The van der Waals surface area contributed by atoms with E-state index in [1.807, 2.05) is 0 Å². The average molecular weight is 346 g/mol. The molecule has 6 nitrogen and oxygen atoms in total. The van der Waals surface area contributed by atoms with Crippen molar-refractivity contribution in [2.24, 2.45) is 5.92 Å². The SMILES string of the molecule is C[C@H]1C(F)CN1N/C(=C1/CCC(F)(F)C1=N)N1CC(CC(=O)O)C1. The maximum Gasteiger partial charge on any atom is 0.303 e. The van der Waals surface area contributed by atoms with Crippen molar-refractivity contribution in [2.45, 2.75) is 44.3 Å². The molecule has 0 bridgehead atoms. The Morgan fingerprint density at radius 2 is 2.08 bits per heavy atom. The Bertz CT molecular complexity index is 589. The van der Waals surface area contributed by atoms with Gasteiger partial charge in [0.15, 0.2) is 0 Å². The number of halogens is 3. The monoisotopic (exact) mass is 346 g/mol. The highest BCUT2D eigenvalue weighted by Gasteiger charge is 2.46. The van der Waals surface area contributed by atoms with Crippen molar-refractivity contribution in [2.75, 3.05) is 19.6 Å². The largest absolute Gasteiger partial charge is 0.481 e. The predicted molar refractivity (Wildman–Crippen MR) is 80.4 cm³/mol. The van der Waals surface area contributed by atoms with Gasteiger partial charge in [-0.1, -0.05) is 0 Å². The van der Waals surface area contributed by atoms with Crippen molar-refractivity contribution in [1.29, 1.82) is 5.41 Å². The first-order valence-corrected chi connectivity index (χ1v) is 8.03. The highest BCUT2D eigenvalue weighted by atomic mass is 19.3. The lowest BCUT2D eigenvalue weighted by molar-refractivity contribution is -0.139. The number of aliphatic carboxylic acids is 1. The van der Waals surface area contributed by atoms with Gasteiger partial charge in [-0.3, -0.25) is 10.2 Å². The van der Waals surface area contributed by atoms with Gasteiger partial charge in [-0.05, 0) is 13.3 Å². The lowest BCUT2D eigenvalue weighted by Crippen LogP contribution is -2.64. The minimum absolute atomic E-state index is 0.0272. The fraction of sp³-hybridized carbons (Fsp3) is 0.733. The molecule has 0 aromatic heterocycles. The summed E-state index contributed by atoms with van der Waals surface area (Å²) < 4.78 is 40.7. The zero-order chi connectivity index (χ0) is 17.6. The lowest BCUT2D eigenvalue weighted by Gasteiger charge is -2.48. The number of alkyl halides is 3. The number of carboxylic acid groups (broad SMARTS) is 1. The van der Waals surface area contributed by atoms with E-state index in [0.29, 0.717) is 18.9 Å².